The van der Waals surface area contributed by atoms with E-state index in [1.54, 1.807) is 44.2 Å². The van der Waals surface area contributed by atoms with Crippen LogP contribution in [0.5, 0.6) is 0 Å². The van der Waals surface area contributed by atoms with Gasteiger partial charge >= 0.3 is 5.97 Å². The second-order valence-corrected chi connectivity index (χ2v) is 4.68. The number of hydrogen-bond acceptors (Lipinski definition) is 4. The van der Waals surface area contributed by atoms with E-state index in [9.17, 15) is 9.59 Å². The molecule has 1 aromatic rings. The Bertz CT molecular complexity index is 583. The minimum Gasteiger partial charge on any atom is -0.467 e. The maximum atomic E-state index is 11.7. The average molecular weight is 272 g/mol. The molecule has 0 saturated carbocycles. The first-order valence-corrected chi connectivity index (χ1v) is 5.98. The Morgan fingerprint density at radius 3 is 2.70 bits per heavy atom. The first-order valence-electron chi connectivity index (χ1n) is 5.98. The molecule has 1 aromatic carbocycles. The summed E-state index contributed by atoms with van der Waals surface area (Å²) < 4.78 is 4.60. The summed E-state index contributed by atoms with van der Waals surface area (Å²) in [5.74, 6) is -0.937. The number of nitriles is 1. The van der Waals surface area contributed by atoms with Crippen molar-refractivity contribution in [1.82, 2.24) is 5.32 Å². The zero-order valence-electron chi connectivity index (χ0n) is 11.6. The molecule has 0 spiro atoms. The van der Waals surface area contributed by atoms with Crippen molar-refractivity contribution in [2.45, 2.75) is 19.4 Å². The van der Waals surface area contributed by atoms with Gasteiger partial charge < -0.3 is 10.1 Å². The van der Waals surface area contributed by atoms with Crippen LogP contribution in [0.1, 0.15) is 25.0 Å². The van der Waals surface area contributed by atoms with Crippen molar-refractivity contribution in [3.63, 3.8) is 0 Å². The summed E-state index contributed by atoms with van der Waals surface area (Å²) in [5, 5.41) is 11.3. The highest BCUT2D eigenvalue weighted by Gasteiger charge is 2.29. The van der Waals surface area contributed by atoms with Crippen LogP contribution in [0.4, 0.5) is 0 Å². The van der Waals surface area contributed by atoms with Gasteiger partial charge in [-0.05, 0) is 37.6 Å². The van der Waals surface area contributed by atoms with Gasteiger partial charge in [-0.2, -0.15) is 5.26 Å². The van der Waals surface area contributed by atoms with Crippen molar-refractivity contribution in [2.75, 3.05) is 7.11 Å². The Balaban J connectivity index is 2.73. The molecular formula is C15H16N2O3. The van der Waals surface area contributed by atoms with E-state index in [0.717, 1.165) is 5.56 Å². The quantitative estimate of drug-likeness (QED) is 0.667. The van der Waals surface area contributed by atoms with Crippen LogP contribution in [0.15, 0.2) is 30.3 Å². The number of nitrogens with one attached hydrogen (secondary N) is 1. The predicted molar refractivity (Wildman–Crippen MR) is 74.4 cm³/mol. The van der Waals surface area contributed by atoms with Crippen molar-refractivity contribution in [2.24, 2.45) is 0 Å². The van der Waals surface area contributed by atoms with Crippen molar-refractivity contribution < 1.29 is 14.3 Å². The molecule has 0 aromatic heterocycles. The van der Waals surface area contributed by atoms with Gasteiger partial charge in [-0.15, -0.1) is 0 Å². The highest BCUT2D eigenvalue weighted by atomic mass is 16.5. The van der Waals surface area contributed by atoms with Gasteiger partial charge in [0.15, 0.2) is 0 Å². The monoisotopic (exact) mass is 272 g/mol. The fourth-order valence-corrected chi connectivity index (χ4v) is 1.54. The fraction of sp³-hybridized carbons (Fsp3) is 0.267. The maximum absolute atomic E-state index is 11.7. The average Bonchev–Trinajstić information content (AvgIpc) is 2.44. The van der Waals surface area contributed by atoms with Crippen LogP contribution < -0.4 is 5.32 Å². The lowest BCUT2D eigenvalue weighted by Gasteiger charge is -2.22. The summed E-state index contributed by atoms with van der Waals surface area (Å²) in [7, 11) is 1.26. The number of methoxy groups -OCH3 is 1. The zero-order valence-corrected chi connectivity index (χ0v) is 11.6. The molecule has 0 aliphatic carbocycles. The Morgan fingerprint density at radius 1 is 1.40 bits per heavy atom. The number of benzene rings is 1. The van der Waals surface area contributed by atoms with E-state index in [-0.39, 0.29) is 0 Å². The molecule has 104 valence electrons. The van der Waals surface area contributed by atoms with E-state index < -0.39 is 17.4 Å². The smallest absolute Gasteiger partial charge is 0.330 e. The largest absolute Gasteiger partial charge is 0.467 e. The molecule has 0 bridgehead atoms. The Labute approximate surface area is 117 Å². The highest BCUT2D eigenvalue weighted by molar-refractivity contribution is 5.95. The van der Waals surface area contributed by atoms with E-state index in [1.165, 1.54) is 13.2 Å². The van der Waals surface area contributed by atoms with Gasteiger partial charge in [-0.3, -0.25) is 4.79 Å². The van der Waals surface area contributed by atoms with Gasteiger partial charge in [-0.25, -0.2) is 4.79 Å². The molecule has 0 fully saturated rings. The van der Waals surface area contributed by atoms with Crippen LogP contribution >= 0.6 is 0 Å². The van der Waals surface area contributed by atoms with E-state index >= 15 is 0 Å². The second kappa shape index (κ2) is 6.53. The molecule has 5 heteroatoms. The molecule has 1 amide bonds. The van der Waals surface area contributed by atoms with Gasteiger partial charge in [0.25, 0.3) is 0 Å². The van der Waals surface area contributed by atoms with E-state index in [1.807, 2.05) is 6.07 Å². The van der Waals surface area contributed by atoms with Crippen molar-refractivity contribution >= 4 is 18.0 Å². The topological polar surface area (TPSA) is 79.2 Å². The summed E-state index contributed by atoms with van der Waals surface area (Å²) in [6, 6.07) is 8.86. The zero-order chi connectivity index (χ0) is 15.2. The van der Waals surface area contributed by atoms with Crippen LogP contribution in [-0.2, 0) is 14.3 Å². The third-order valence-electron chi connectivity index (χ3n) is 2.57. The van der Waals surface area contributed by atoms with Crippen molar-refractivity contribution in [1.29, 1.82) is 5.26 Å². The van der Waals surface area contributed by atoms with Crippen LogP contribution in [0.2, 0.25) is 0 Å². The normalized spacial score (nSPS) is 10.9. The number of esters is 1. The summed E-state index contributed by atoms with van der Waals surface area (Å²) in [6.45, 7) is 3.11. The lowest BCUT2D eigenvalue weighted by Crippen LogP contribution is -2.49. The highest BCUT2D eigenvalue weighted by Crippen LogP contribution is 2.07. The number of rotatable bonds is 4. The molecule has 20 heavy (non-hydrogen) atoms. The third-order valence-corrected chi connectivity index (χ3v) is 2.57. The summed E-state index contributed by atoms with van der Waals surface area (Å²) in [6.07, 6.45) is 2.88. The standard InChI is InChI=1S/C15H16N2O3/c1-15(2,14(19)20-3)17-13(18)8-7-11-5-4-6-12(9-11)10-16/h4-9H,1-3H3,(H,17,18). The summed E-state index contributed by atoms with van der Waals surface area (Å²) in [5.41, 5.74) is 0.155. The van der Waals surface area contributed by atoms with Crippen LogP contribution in [0.25, 0.3) is 6.08 Å². The summed E-state index contributed by atoms with van der Waals surface area (Å²) >= 11 is 0. The number of nitrogens with zero attached hydrogens (tertiary/aromatic N) is 1. The molecule has 0 atom stereocenters. The van der Waals surface area contributed by atoms with E-state index in [2.05, 4.69) is 10.1 Å². The molecule has 0 saturated heterocycles. The van der Waals surface area contributed by atoms with Gasteiger partial charge in [0.1, 0.15) is 5.54 Å². The number of ether oxygens (including phenoxy) is 1. The minimum absolute atomic E-state index is 0.414. The lowest BCUT2D eigenvalue weighted by atomic mass is 10.1. The van der Waals surface area contributed by atoms with Crippen LogP contribution in [0.3, 0.4) is 0 Å². The molecule has 0 unspecified atom stereocenters. The molecule has 1 N–H and O–H groups in total. The van der Waals surface area contributed by atoms with Gasteiger partial charge in [0.05, 0.1) is 18.7 Å². The van der Waals surface area contributed by atoms with E-state index in [4.69, 9.17) is 5.26 Å². The fourth-order valence-electron chi connectivity index (χ4n) is 1.54. The molecule has 1 rings (SSSR count). The Kier molecular flexibility index (Phi) is 5.04. The van der Waals surface area contributed by atoms with Crippen molar-refractivity contribution in [3.8, 4) is 6.07 Å². The molecule has 5 nitrogen and oxygen atoms in total. The molecule has 0 heterocycles. The van der Waals surface area contributed by atoms with Gasteiger partial charge in [0, 0.05) is 6.08 Å². The first-order chi connectivity index (χ1) is 9.39. The van der Waals surface area contributed by atoms with Crippen molar-refractivity contribution in [3.05, 3.63) is 41.5 Å². The second-order valence-electron chi connectivity index (χ2n) is 4.68. The van der Waals surface area contributed by atoms with E-state index in [0.29, 0.717) is 5.56 Å². The Hall–Kier alpha value is -2.61. The SMILES string of the molecule is COC(=O)C(C)(C)NC(=O)C=Cc1cccc(C#N)c1. The van der Waals surface area contributed by atoms with Crippen LogP contribution in [0, 0.1) is 11.3 Å². The third kappa shape index (κ3) is 4.25. The predicted octanol–water partition coefficient (Wildman–Crippen LogP) is 1.64. The number of carbonyl (C=O) groups excluding carboxylic acids is 2. The number of carbonyl (C=O) groups is 2. The van der Waals surface area contributed by atoms with Crippen LogP contribution in [-0.4, -0.2) is 24.5 Å². The maximum Gasteiger partial charge on any atom is 0.330 e. The molecular weight excluding hydrogens is 256 g/mol. The summed E-state index contributed by atoms with van der Waals surface area (Å²) in [4.78, 5) is 23.2. The number of hydrogen-bond donors (Lipinski definition) is 1. The van der Waals surface area contributed by atoms with Gasteiger partial charge in [-0.1, -0.05) is 12.1 Å². The van der Waals surface area contributed by atoms with Gasteiger partial charge in [0.2, 0.25) is 5.91 Å². The Morgan fingerprint density at radius 2 is 2.10 bits per heavy atom. The minimum atomic E-state index is -1.09. The molecule has 0 radical (unpaired) electrons. The first kappa shape index (κ1) is 15.4. The molecule has 0 aliphatic rings. The number of amides is 1. The lowest BCUT2D eigenvalue weighted by molar-refractivity contribution is -0.148. The molecule has 0 aliphatic heterocycles.